The molecule has 1 fully saturated rings. The summed E-state index contributed by atoms with van der Waals surface area (Å²) in [6, 6.07) is 18.3. The lowest BCUT2D eigenvalue weighted by Crippen LogP contribution is -2.27. The summed E-state index contributed by atoms with van der Waals surface area (Å²) >= 11 is 3.42. The van der Waals surface area contributed by atoms with Crippen molar-refractivity contribution in [1.82, 2.24) is 9.88 Å². The summed E-state index contributed by atoms with van der Waals surface area (Å²) in [5.74, 6) is 1.02. The van der Waals surface area contributed by atoms with E-state index in [0.717, 1.165) is 52.8 Å². The predicted octanol–water partition coefficient (Wildman–Crippen LogP) is 5.34. The first-order valence-corrected chi connectivity index (χ1v) is 10.7. The van der Waals surface area contributed by atoms with E-state index in [1.165, 1.54) is 5.56 Å². The van der Waals surface area contributed by atoms with Crippen LogP contribution in [0.3, 0.4) is 0 Å². The van der Waals surface area contributed by atoms with Crippen LogP contribution >= 0.6 is 23.1 Å². The summed E-state index contributed by atoms with van der Waals surface area (Å²) in [4.78, 5) is 19.1. The Balaban J connectivity index is 1.36. The van der Waals surface area contributed by atoms with E-state index in [1.54, 1.807) is 23.1 Å². The third kappa shape index (κ3) is 4.00. The van der Waals surface area contributed by atoms with Gasteiger partial charge in [0.2, 0.25) is 0 Å². The molecular weight excluding hydrogens is 360 g/mol. The fourth-order valence-electron chi connectivity index (χ4n) is 3.06. The molecule has 26 heavy (non-hydrogen) atoms. The molecule has 2 aromatic carbocycles. The number of thiazole rings is 1. The Kier molecular flexibility index (Phi) is 5.37. The van der Waals surface area contributed by atoms with E-state index in [9.17, 15) is 4.79 Å². The van der Waals surface area contributed by atoms with Crippen LogP contribution in [-0.2, 0) is 5.75 Å². The predicted molar refractivity (Wildman–Crippen MR) is 109 cm³/mol. The van der Waals surface area contributed by atoms with Crippen LogP contribution in [0, 0.1) is 0 Å². The van der Waals surface area contributed by atoms with Crippen LogP contribution in [0.25, 0.3) is 11.3 Å². The molecule has 0 atom stereocenters. The van der Waals surface area contributed by atoms with Crippen molar-refractivity contribution in [1.29, 1.82) is 0 Å². The number of nitrogens with zero attached hydrogens (tertiary/aromatic N) is 2. The molecule has 0 saturated carbocycles. The molecule has 3 nitrogen and oxygen atoms in total. The number of carbonyl (C=O) groups excluding carboxylic acids is 1. The third-order valence-corrected chi connectivity index (χ3v) is 6.60. The highest BCUT2D eigenvalue weighted by atomic mass is 32.2. The van der Waals surface area contributed by atoms with Gasteiger partial charge in [-0.1, -0.05) is 54.2 Å². The van der Waals surface area contributed by atoms with Crippen molar-refractivity contribution in [3.63, 3.8) is 0 Å². The fourth-order valence-corrected chi connectivity index (χ4v) is 4.85. The molecule has 0 unspecified atom stereocenters. The van der Waals surface area contributed by atoms with Crippen molar-refractivity contribution in [3.05, 3.63) is 71.1 Å². The molecule has 2 heterocycles. The van der Waals surface area contributed by atoms with Crippen LogP contribution in [-0.4, -0.2) is 28.9 Å². The lowest BCUT2D eigenvalue weighted by Gasteiger charge is -2.15. The second-order valence-electron chi connectivity index (χ2n) is 6.35. The van der Waals surface area contributed by atoms with Crippen LogP contribution in [0.15, 0.2) is 64.3 Å². The highest BCUT2D eigenvalue weighted by Gasteiger charge is 2.19. The summed E-state index contributed by atoms with van der Waals surface area (Å²) in [5.41, 5.74) is 4.19. The van der Waals surface area contributed by atoms with Gasteiger partial charge in [-0.25, -0.2) is 4.98 Å². The first-order valence-electron chi connectivity index (χ1n) is 8.81. The number of aromatic nitrogens is 1. The highest BCUT2D eigenvalue weighted by molar-refractivity contribution is 8.00. The number of rotatable bonds is 5. The first-order chi connectivity index (χ1) is 12.8. The molecule has 1 aromatic heterocycles. The minimum atomic E-state index is 0.161. The highest BCUT2D eigenvalue weighted by Crippen LogP contribution is 2.30. The van der Waals surface area contributed by atoms with Gasteiger partial charge in [0.25, 0.3) is 5.91 Å². The van der Waals surface area contributed by atoms with Gasteiger partial charge in [0.15, 0.2) is 4.34 Å². The molecule has 5 heteroatoms. The summed E-state index contributed by atoms with van der Waals surface area (Å²) in [5, 5.41) is 2.11. The topological polar surface area (TPSA) is 33.2 Å². The van der Waals surface area contributed by atoms with Gasteiger partial charge in [-0.3, -0.25) is 4.79 Å². The lowest BCUT2D eigenvalue weighted by atomic mass is 10.1. The van der Waals surface area contributed by atoms with E-state index in [1.807, 2.05) is 35.2 Å². The maximum atomic E-state index is 12.4. The summed E-state index contributed by atoms with van der Waals surface area (Å²) in [6.45, 7) is 1.79. The van der Waals surface area contributed by atoms with Crippen LogP contribution in [0.2, 0.25) is 0 Å². The van der Waals surface area contributed by atoms with E-state index in [2.05, 4.69) is 29.6 Å². The van der Waals surface area contributed by atoms with Gasteiger partial charge >= 0.3 is 0 Å². The molecule has 0 spiro atoms. The number of amides is 1. The van der Waals surface area contributed by atoms with Gasteiger partial charge < -0.3 is 4.90 Å². The zero-order valence-electron chi connectivity index (χ0n) is 14.4. The van der Waals surface area contributed by atoms with E-state index < -0.39 is 0 Å². The van der Waals surface area contributed by atoms with Crippen LogP contribution in [0.4, 0.5) is 0 Å². The minimum absolute atomic E-state index is 0.161. The second-order valence-corrected chi connectivity index (χ2v) is 8.43. The minimum Gasteiger partial charge on any atom is -0.339 e. The molecule has 0 bridgehead atoms. The van der Waals surface area contributed by atoms with Crippen LogP contribution in [0.1, 0.15) is 28.8 Å². The van der Waals surface area contributed by atoms with Crippen molar-refractivity contribution in [2.45, 2.75) is 22.9 Å². The molecule has 1 amide bonds. The van der Waals surface area contributed by atoms with Gasteiger partial charge in [-0.2, -0.15) is 0 Å². The molecule has 1 saturated heterocycles. The average Bonchev–Trinajstić information content (AvgIpc) is 3.39. The molecule has 132 valence electrons. The number of hydrogen-bond acceptors (Lipinski definition) is 4. The Labute approximate surface area is 162 Å². The van der Waals surface area contributed by atoms with E-state index in [0.29, 0.717) is 0 Å². The number of likely N-dealkylation sites (tertiary alicyclic amines) is 1. The Bertz CT molecular complexity index is 869. The zero-order chi connectivity index (χ0) is 17.8. The monoisotopic (exact) mass is 380 g/mol. The van der Waals surface area contributed by atoms with Gasteiger partial charge in [-0.05, 0) is 30.5 Å². The van der Waals surface area contributed by atoms with Gasteiger partial charge in [0.1, 0.15) is 0 Å². The molecule has 0 N–H and O–H groups in total. The van der Waals surface area contributed by atoms with Gasteiger partial charge in [0.05, 0.1) is 5.69 Å². The molecule has 0 aliphatic carbocycles. The average molecular weight is 381 g/mol. The SMILES string of the molecule is O=C(c1ccc(CSc2nc(-c3ccccc3)cs2)cc1)N1CCCC1. The number of carbonyl (C=O) groups is 1. The first kappa shape index (κ1) is 17.3. The Hall–Kier alpha value is -2.11. The van der Waals surface area contributed by atoms with Crippen molar-refractivity contribution in [3.8, 4) is 11.3 Å². The molecule has 0 radical (unpaired) electrons. The second kappa shape index (κ2) is 8.06. The quantitative estimate of drug-likeness (QED) is 0.560. The van der Waals surface area contributed by atoms with Gasteiger partial charge in [-0.15, -0.1) is 11.3 Å². The third-order valence-electron chi connectivity index (χ3n) is 4.51. The number of benzene rings is 2. The van der Waals surface area contributed by atoms with Crippen LogP contribution in [0.5, 0.6) is 0 Å². The molecule has 1 aliphatic heterocycles. The zero-order valence-corrected chi connectivity index (χ0v) is 16.1. The maximum absolute atomic E-state index is 12.4. The molecule has 4 rings (SSSR count). The number of hydrogen-bond donors (Lipinski definition) is 0. The normalized spacial score (nSPS) is 13.9. The maximum Gasteiger partial charge on any atom is 0.253 e. The summed E-state index contributed by atoms with van der Waals surface area (Å²) in [6.07, 6.45) is 2.25. The van der Waals surface area contributed by atoms with Gasteiger partial charge in [0, 0.05) is 35.3 Å². The Morgan fingerprint density at radius 1 is 1.04 bits per heavy atom. The summed E-state index contributed by atoms with van der Waals surface area (Å²) < 4.78 is 1.07. The smallest absolute Gasteiger partial charge is 0.253 e. The molecule has 3 aromatic rings. The summed E-state index contributed by atoms with van der Waals surface area (Å²) in [7, 11) is 0. The fraction of sp³-hybridized carbons (Fsp3) is 0.238. The lowest BCUT2D eigenvalue weighted by molar-refractivity contribution is 0.0793. The Morgan fingerprint density at radius 3 is 2.50 bits per heavy atom. The standard InChI is InChI=1S/C21H20N2OS2/c24-20(23-12-4-5-13-23)18-10-8-16(9-11-18)14-25-21-22-19(15-26-21)17-6-2-1-3-7-17/h1-3,6-11,15H,4-5,12-14H2. The van der Waals surface area contributed by atoms with Crippen molar-refractivity contribution < 1.29 is 4.79 Å². The molecular formula is C21H20N2OS2. The van der Waals surface area contributed by atoms with E-state index >= 15 is 0 Å². The van der Waals surface area contributed by atoms with Crippen molar-refractivity contribution in [2.75, 3.05) is 13.1 Å². The van der Waals surface area contributed by atoms with E-state index in [-0.39, 0.29) is 5.91 Å². The number of thioether (sulfide) groups is 1. The van der Waals surface area contributed by atoms with Crippen LogP contribution < -0.4 is 0 Å². The van der Waals surface area contributed by atoms with Crippen molar-refractivity contribution >= 4 is 29.0 Å². The molecule has 1 aliphatic rings. The van der Waals surface area contributed by atoms with E-state index in [4.69, 9.17) is 4.98 Å². The largest absolute Gasteiger partial charge is 0.339 e. The Morgan fingerprint density at radius 2 is 1.77 bits per heavy atom. The van der Waals surface area contributed by atoms with Crippen molar-refractivity contribution in [2.24, 2.45) is 0 Å².